The monoisotopic (exact) mass is 503 g/mol. The van der Waals surface area contributed by atoms with E-state index >= 15 is 0 Å². The van der Waals surface area contributed by atoms with Gasteiger partial charge in [-0.2, -0.15) is 0 Å². The summed E-state index contributed by atoms with van der Waals surface area (Å²) in [7, 11) is 1.73. The molecule has 1 aromatic carbocycles. The fourth-order valence-electron chi connectivity index (χ4n) is 2.33. The normalized spacial score (nSPS) is 10.7. The Morgan fingerprint density at radius 1 is 1.30 bits per heavy atom. The van der Waals surface area contributed by atoms with Gasteiger partial charge in [0.05, 0.1) is 23.8 Å². The van der Waals surface area contributed by atoms with Crippen molar-refractivity contribution < 1.29 is 9.53 Å². The number of rotatable bonds is 7. The number of carbonyl (C=O) groups is 1. The summed E-state index contributed by atoms with van der Waals surface area (Å²) >= 11 is 1.69. The Morgan fingerprint density at radius 2 is 2.07 bits per heavy atom. The molecule has 0 radical (unpaired) electrons. The Morgan fingerprint density at radius 3 is 2.70 bits per heavy atom. The van der Waals surface area contributed by atoms with Gasteiger partial charge >= 0.3 is 0 Å². The number of carbonyl (C=O) groups excluding carboxylic acids is 1. The summed E-state index contributed by atoms with van der Waals surface area (Å²) in [6.07, 6.45) is 0. The van der Waals surface area contributed by atoms with Crippen LogP contribution in [-0.4, -0.2) is 37.1 Å². The summed E-state index contributed by atoms with van der Waals surface area (Å²) in [5.41, 5.74) is 1.77. The molecule has 0 unspecified atom stereocenters. The molecule has 2 rings (SSSR count). The Balaban J connectivity index is 0.00000364. The third-order valence-corrected chi connectivity index (χ3v) is 4.53. The van der Waals surface area contributed by atoms with E-state index in [0.29, 0.717) is 31.4 Å². The molecular weight excluding hydrogens is 477 g/mol. The number of aryl methyl sites for hydroxylation is 2. The van der Waals surface area contributed by atoms with Crippen LogP contribution in [0.1, 0.15) is 22.5 Å². The van der Waals surface area contributed by atoms with Crippen LogP contribution >= 0.6 is 35.3 Å². The lowest BCUT2D eigenvalue weighted by molar-refractivity contribution is -0.114. The number of benzene rings is 1. The number of aliphatic imine (C=N–C) groups is 1. The average molecular weight is 503 g/mol. The van der Waals surface area contributed by atoms with Crippen molar-refractivity contribution in [2.24, 2.45) is 4.99 Å². The SMILES string of the molecule is CN=C(NCCOc1cccc(NC(C)=O)c1)NCc1sc(C)nc1C.I. The number of thiazole rings is 1. The van der Waals surface area contributed by atoms with Crippen LogP contribution in [0, 0.1) is 13.8 Å². The number of anilines is 1. The molecule has 0 fully saturated rings. The van der Waals surface area contributed by atoms with E-state index in [1.807, 2.05) is 32.0 Å². The Labute approximate surface area is 181 Å². The first-order valence-corrected chi connectivity index (χ1v) is 9.17. The number of amides is 1. The summed E-state index contributed by atoms with van der Waals surface area (Å²) in [6, 6.07) is 7.31. The Kier molecular flexibility index (Phi) is 10.1. The molecule has 1 aromatic heterocycles. The molecule has 3 N–H and O–H groups in total. The lowest BCUT2D eigenvalue weighted by Crippen LogP contribution is -2.38. The molecule has 0 saturated carbocycles. The van der Waals surface area contributed by atoms with Gasteiger partial charge in [0.1, 0.15) is 12.4 Å². The van der Waals surface area contributed by atoms with Gasteiger partial charge in [-0.1, -0.05) is 6.07 Å². The van der Waals surface area contributed by atoms with Gasteiger partial charge in [-0.15, -0.1) is 35.3 Å². The highest BCUT2D eigenvalue weighted by Crippen LogP contribution is 2.17. The quantitative estimate of drug-likeness (QED) is 0.234. The molecule has 9 heteroatoms. The van der Waals surface area contributed by atoms with Crippen molar-refractivity contribution in [2.75, 3.05) is 25.5 Å². The number of ether oxygens (including phenoxy) is 1. The second kappa shape index (κ2) is 11.8. The summed E-state index contributed by atoms with van der Waals surface area (Å²) in [5, 5.41) is 10.3. The maximum Gasteiger partial charge on any atom is 0.221 e. The van der Waals surface area contributed by atoms with Gasteiger partial charge < -0.3 is 20.7 Å². The molecule has 0 aliphatic rings. The minimum Gasteiger partial charge on any atom is -0.492 e. The molecule has 2 aromatic rings. The highest BCUT2D eigenvalue weighted by molar-refractivity contribution is 14.0. The van der Waals surface area contributed by atoms with E-state index in [1.165, 1.54) is 11.8 Å². The van der Waals surface area contributed by atoms with Crippen LogP contribution in [0.4, 0.5) is 5.69 Å². The van der Waals surface area contributed by atoms with Gasteiger partial charge in [0.15, 0.2) is 5.96 Å². The van der Waals surface area contributed by atoms with Gasteiger partial charge in [-0.05, 0) is 26.0 Å². The molecule has 0 atom stereocenters. The average Bonchev–Trinajstić information content (AvgIpc) is 2.91. The maximum absolute atomic E-state index is 11.1. The molecule has 1 amide bonds. The third-order valence-electron chi connectivity index (χ3n) is 3.46. The van der Waals surface area contributed by atoms with Crippen molar-refractivity contribution in [3.05, 3.63) is 39.8 Å². The minimum absolute atomic E-state index is 0. The first-order chi connectivity index (χ1) is 12.5. The van der Waals surface area contributed by atoms with E-state index in [4.69, 9.17) is 4.74 Å². The van der Waals surface area contributed by atoms with Crippen LogP contribution in [0.3, 0.4) is 0 Å². The van der Waals surface area contributed by atoms with Gasteiger partial charge in [0.2, 0.25) is 5.91 Å². The number of aromatic nitrogens is 1. The number of hydrogen-bond donors (Lipinski definition) is 3. The third kappa shape index (κ3) is 8.12. The molecule has 0 aliphatic carbocycles. The summed E-state index contributed by atoms with van der Waals surface area (Å²) < 4.78 is 5.70. The van der Waals surface area contributed by atoms with E-state index in [9.17, 15) is 4.79 Å². The Hall–Kier alpha value is -1.88. The van der Waals surface area contributed by atoms with E-state index in [1.54, 1.807) is 24.5 Å². The number of hydrogen-bond acceptors (Lipinski definition) is 5. The van der Waals surface area contributed by atoms with Crippen molar-refractivity contribution in [1.82, 2.24) is 15.6 Å². The maximum atomic E-state index is 11.1. The first kappa shape index (κ1) is 23.2. The zero-order valence-corrected chi connectivity index (χ0v) is 19.1. The molecule has 0 aliphatic heterocycles. The van der Waals surface area contributed by atoms with Crippen LogP contribution in [0.2, 0.25) is 0 Å². The fourth-order valence-corrected chi connectivity index (χ4v) is 3.20. The fraction of sp³-hybridized carbons (Fsp3) is 0.389. The molecule has 0 spiro atoms. The largest absolute Gasteiger partial charge is 0.492 e. The van der Waals surface area contributed by atoms with E-state index in [-0.39, 0.29) is 29.9 Å². The molecule has 7 nitrogen and oxygen atoms in total. The van der Waals surface area contributed by atoms with Crippen molar-refractivity contribution in [3.8, 4) is 5.75 Å². The summed E-state index contributed by atoms with van der Waals surface area (Å²) in [4.78, 5) is 20.9. The van der Waals surface area contributed by atoms with E-state index in [2.05, 4.69) is 25.9 Å². The van der Waals surface area contributed by atoms with Gasteiger partial charge in [0.25, 0.3) is 0 Å². The van der Waals surface area contributed by atoms with Gasteiger partial charge in [-0.3, -0.25) is 9.79 Å². The predicted octanol–water partition coefficient (Wildman–Crippen LogP) is 3.08. The van der Waals surface area contributed by atoms with Gasteiger partial charge in [-0.25, -0.2) is 4.98 Å². The second-order valence-electron chi connectivity index (χ2n) is 5.65. The summed E-state index contributed by atoms with van der Waals surface area (Å²) in [6.45, 7) is 7.27. The zero-order valence-electron chi connectivity index (χ0n) is 16.0. The lowest BCUT2D eigenvalue weighted by atomic mass is 10.3. The molecule has 27 heavy (non-hydrogen) atoms. The predicted molar refractivity (Wildman–Crippen MR) is 121 cm³/mol. The molecule has 0 bridgehead atoms. The smallest absolute Gasteiger partial charge is 0.221 e. The van der Waals surface area contributed by atoms with E-state index < -0.39 is 0 Å². The van der Waals surface area contributed by atoms with Crippen molar-refractivity contribution in [2.45, 2.75) is 27.3 Å². The number of nitrogens with one attached hydrogen (secondary N) is 3. The van der Waals surface area contributed by atoms with Gasteiger partial charge in [0, 0.05) is 30.6 Å². The highest BCUT2D eigenvalue weighted by Gasteiger charge is 2.06. The Bertz CT molecular complexity index is 779. The summed E-state index contributed by atoms with van der Waals surface area (Å²) in [5.74, 6) is 1.31. The number of nitrogens with zero attached hydrogens (tertiary/aromatic N) is 2. The molecule has 148 valence electrons. The van der Waals surface area contributed by atoms with Crippen LogP contribution in [0.15, 0.2) is 29.3 Å². The molecular formula is C18H26IN5O2S. The van der Waals surface area contributed by atoms with Crippen LogP contribution in [-0.2, 0) is 11.3 Å². The van der Waals surface area contributed by atoms with Crippen LogP contribution in [0.5, 0.6) is 5.75 Å². The standard InChI is InChI=1S/C18H25N5O2S.HI/c1-12-17(26-14(3)22-12)11-21-18(19-4)20-8-9-25-16-7-5-6-15(10-16)23-13(2)24;/h5-7,10H,8-9,11H2,1-4H3,(H,23,24)(H2,19,20,21);1H. The van der Waals surface area contributed by atoms with Crippen LogP contribution < -0.4 is 20.7 Å². The lowest BCUT2D eigenvalue weighted by Gasteiger charge is -2.12. The van der Waals surface area contributed by atoms with E-state index in [0.717, 1.165) is 16.4 Å². The van der Waals surface area contributed by atoms with Crippen molar-refractivity contribution in [1.29, 1.82) is 0 Å². The zero-order chi connectivity index (χ0) is 18.9. The molecule has 0 saturated heterocycles. The first-order valence-electron chi connectivity index (χ1n) is 8.36. The molecule has 1 heterocycles. The topological polar surface area (TPSA) is 87.6 Å². The number of guanidine groups is 1. The second-order valence-corrected chi connectivity index (χ2v) is 6.94. The van der Waals surface area contributed by atoms with Crippen molar-refractivity contribution >= 4 is 52.9 Å². The highest BCUT2D eigenvalue weighted by atomic mass is 127. The van der Waals surface area contributed by atoms with Crippen LogP contribution in [0.25, 0.3) is 0 Å². The minimum atomic E-state index is -0.106. The van der Waals surface area contributed by atoms with Crippen molar-refractivity contribution in [3.63, 3.8) is 0 Å². The number of halogens is 1.